The van der Waals surface area contributed by atoms with E-state index in [0.717, 1.165) is 0 Å². The number of carbonyl (C=O) groups excluding carboxylic acids is 1. The second-order valence-electron chi connectivity index (χ2n) is 4.76. The average molecular weight is 408 g/mol. The van der Waals surface area contributed by atoms with E-state index in [0.29, 0.717) is 5.69 Å². The van der Waals surface area contributed by atoms with Crippen molar-refractivity contribution in [2.45, 2.75) is 11.3 Å². The second-order valence-corrected chi connectivity index (χ2v) is 7.74. The van der Waals surface area contributed by atoms with Gasteiger partial charge in [0.05, 0.1) is 25.7 Å². The molecule has 2 rings (SSSR count). The number of hydrogen-bond acceptors (Lipinski definition) is 3. The molecule has 0 aliphatic heterocycles. The zero-order valence-corrected chi connectivity index (χ0v) is 15.3. The summed E-state index contributed by atoms with van der Waals surface area (Å²) in [7, 11) is -3.64. The molecule has 0 aromatic heterocycles. The first-order valence-corrected chi connectivity index (χ1v) is 9.40. The zero-order chi connectivity index (χ0) is 17.7. The lowest BCUT2D eigenvalue weighted by molar-refractivity contribution is -0.116. The Morgan fingerprint density at radius 2 is 1.58 bits per heavy atom. The van der Waals surface area contributed by atoms with Crippen LogP contribution in [0, 0.1) is 0 Å². The Labute approximate surface area is 155 Å². The van der Waals surface area contributed by atoms with E-state index in [1.165, 1.54) is 24.3 Å². The van der Waals surface area contributed by atoms with Gasteiger partial charge in [-0.2, -0.15) is 0 Å². The molecule has 0 saturated carbocycles. The molecule has 0 fully saturated rings. The Morgan fingerprint density at radius 3 is 2.25 bits per heavy atom. The molecule has 1 amide bonds. The first kappa shape index (κ1) is 19.0. The van der Waals surface area contributed by atoms with Crippen molar-refractivity contribution in [3.8, 4) is 0 Å². The van der Waals surface area contributed by atoms with Crippen LogP contribution in [0.3, 0.4) is 0 Å². The van der Waals surface area contributed by atoms with Crippen molar-refractivity contribution < 1.29 is 13.2 Å². The maximum atomic E-state index is 12.0. The van der Waals surface area contributed by atoms with Gasteiger partial charge in [0.2, 0.25) is 15.9 Å². The first-order valence-electron chi connectivity index (χ1n) is 6.79. The Morgan fingerprint density at radius 1 is 0.958 bits per heavy atom. The fourth-order valence-electron chi connectivity index (χ4n) is 1.81. The lowest BCUT2D eigenvalue weighted by atomic mass is 10.3. The van der Waals surface area contributed by atoms with Crippen molar-refractivity contribution in [2.24, 2.45) is 0 Å². The number of hydrogen-bond donors (Lipinski definition) is 2. The number of amides is 1. The molecule has 0 atom stereocenters. The van der Waals surface area contributed by atoms with Gasteiger partial charge >= 0.3 is 0 Å². The number of rotatable bonds is 6. The van der Waals surface area contributed by atoms with E-state index in [1.807, 2.05) is 0 Å². The fraction of sp³-hybridized carbons (Fsp3) is 0.133. The van der Waals surface area contributed by atoms with Gasteiger partial charge in [0.15, 0.2) is 0 Å². The number of benzene rings is 2. The average Bonchev–Trinajstić information content (AvgIpc) is 2.53. The summed E-state index contributed by atoms with van der Waals surface area (Å²) in [4.78, 5) is 12.0. The molecule has 0 heterocycles. The predicted molar refractivity (Wildman–Crippen MR) is 96.3 cm³/mol. The Kier molecular flexibility index (Phi) is 6.48. The summed E-state index contributed by atoms with van der Waals surface area (Å²) in [5, 5.41) is 3.32. The van der Waals surface area contributed by atoms with E-state index in [4.69, 9.17) is 34.8 Å². The van der Waals surface area contributed by atoms with Crippen molar-refractivity contribution >= 4 is 56.4 Å². The highest BCUT2D eigenvalue weighted by atomic mass is 35.5. The zero-order valence-electron chi connectivity index (χ0n) is 12.2. The summed E-state index contributed by atoms with van der Waals surface area (Å²) in [6, 6.07) is 10.7. The molecule has 5 nitrogen and oxygen atoms in total. The Bertz CT molecular complexity index is 843. The molecule has 0 aliphatic carbocycles. The van der Waals surface area contributed by atoms with Gasteiger partial charge < -0.3 is 5.32 Å². The third-order valence-electron chi connectivity index (χ3n) is 2.98. The van der Waals surface area contributed by atoms with Crippen LogP contribution in [0.4, 0.5) is 5.69 Å². The molecule has 0 unspecified atom stereocenters. The van der Waals surface area contributed by atoms with E-state index in [1.54, 1.807) is 18.2 Å². The van der Waals surface area contributed by atoms with Gasteiger partial charge in [-0.3, -0.25) is 4.79 Å². The molecule has 128 valence electrons. The maximum Gasteiger partial charge on any atom is 0.240 e. The minimum absolute atomic E-state index is 0.0536. The van der Waals surface area contributed by atoms with Crippen molar-refractivity contribution in [2.75, 3.05) is 11.9 Å². The van der Waals surface area contributed by atoms with Crippen molar-refractivity contribution in [3.63, 3.8) is 0 Å². The van der Waals surface area contributed by atoms with Gasteiger partial charge in [-0.05, 0) is 24.3 Å². The normalized spacial score (nSPS) is 11.3. The van der Waals surface area contributed by atoms with Gasteiger partial charge in [-0.25, -0.2) is 13.1 Å². The molecular weight excluding hydrogens is 395 g/mol. The summed E-state index contributed by atoms with van der Waals surface area (Å²) < 4.78 is 26.4. The largest absolute Gasteiger partial charge is 0.325 e. The molecular formula is C15H13Cl3N2O3S. The van der Waals surface area contributed by atoms with Crippen LogP contribution in [0.5, 0.6) is 0 Å². The smallest absolute Gasteiger partial charge is 0.240 e. The highest BCUT2D eigenvalue weighted by Gasteiger charge is 2.14. The fourth-order valence-corrected chi connectivity index (χ4v) is 3.46. The maximum absolute atomic E-state index is 12.0. The lowest BCUT2D eigenvalue weighted by Gasteiger charge is -2.09. The van der Waals surface area contributed by atoms with Gasteiger partial charge in [0.1, 0.15) is 0 Å². The van der Waals surface area contributed by atoms with Crippen LogP contribution in [0.1, 0.15) is 6.42 Å². The Hall–Kier alpha value is -1.31. The topological polar surface area (TPSA) is 75.3 Å². The molecule has 2 N–H and O–H groups in total. The molecule has 0 spiro atoms. The number of halogens is 3. The highest BCUT2D eigenvalue weighted by Crippen LogP contribution is 2.32. The van der Waals surface area contributed by atoms with Gasteiger partial charge in [-0.1, -0.05) is 53.0 Å². The molecule has 0 bridgehead atoms. The standard InChI is InChI=1S/C15H13Cl3N2O3S/c16-11-8-13(18)14(9-12(11)17)20-15(21)6-7-19-24(22,23)10-4-2-1-3-5-10/h1-5,8-9,19H,6-7H2,(H,20,21). The van der Waals surface area contributed by atoms with Crippen LogP contribution >= 0.6 is 34.8 Å². The molecule has 0 aliphatic rings. The number of anilines is 1. The van der Waals surface area contributed by atoms with Crippen molar-refractivity contribution in [3.05, 3.63) is 57.5 Å². The minimum Gasteiger partial charge on any atom is -0.325 e. The molecule has 9 heteroatoms. The molecule has 0 saturated heterocycles. The Balaban J connectivity index is 1.91. The van der Waals surface area contributed by atoms with Crippen LogP contribution in [0.2, 0.25) is 15.1 Å². The third-order valence-corrected chi connectivity index (χ3v) is 5.49. The molecule has 24 heavy (non-hydrogen) atoms. The summed E-state index contributed by atoms with van der Waals surface area (Å²) in [5.74, 6) is -0.411. The molecule has 2 aromatic rings. The van der Waals surface area contributed by atoms with Crippen molar-refractivity contribution in [1.82, 2.24) is 4.72 Å². The third kappa shape index (κ3) is 5.09. The van der Waals surface area contributed by atoms with Crippen LogP contribution in [-0.2, 0) is 14.8 Å². The lowest BCUT2D eigenvalue weighted by Crippen LogP contribution is -2.27. The number of sulfonamides is 1. The van der Waals surface area contributed by atoms with E-state index in [-0.39, 0.29) is 32.9 Å². The first-order chi connectivity index (χ1) is 11.3. The number of carbonyl (C=O) groups is 1. The van der Waals surface area contributed by atoms with E-state index in [9.17, 15) is 13.2 Å². The van der Waals surface area contributed by atoms with Gasteiger partial charge in [0.25, 0.3) is 0 Å². The summed E-state index contributed by atoms with van der Waals surface area (Å²) >= 11 is 17.6. The van der Waals surface area contributed by atoms with Crippen LogP contribution < -0.4 is 10.0 Å². The van der Waals surface area contributed by atoms with Gasteiger partial charge in [-0.15, -0.1) is 0 Å². The van der Waals surface area contributed by atoms with Crippen LogP contribution in [0.25, 0.3) is 0 Å². The summed E-state index contributed by atoms with van der Waals surface area (Å²) in [5.41, 5.74) is 0.307. The highest BCUT2D eigenvalue weighted by molar-refractivity contribution is 7.89. The van der Waals surface area contributed by atoms with Crippen molar-refractivity contribution in [1.29, 1.82) is 0 Å². The summed E-state index contributed by atoms with van der Waals surface area (Å²) in [6.45, 7) is -0.0536. The van der Waals surface area contributed by atoms with Gasteiger partial charge in [0, 0.05) is 13.0 Å². The van der Waals surface area contributed by atoms with E-state index >= 15 is 0 Å². The second kappa shape index (κ2) is 8.18. The SMILES string of the molecule is O=C(CCNS(=O)(=O)c1ccccc1)Nc1cc(Cl)c(Cl)cc1Cl. The number of nitrogens with one attached hydrogen (secondary N) is 2. The monoisotopic (exact) mass is 406 g/mol. The molecule has 0 radical (unpaired) electrons. The minimum atomic E-state index is -3.64. The van der Waals surface area contributed by atoms with Crippen LogP contribution in [-0.4, -0.2) is 20.9 Å². The van der Waals surface area contributed by atoms with Crippen LogP contribution in [0.15, 0.2) is 47.4 Å². The molecule has 2 aromatic carbocycles. The van der Waals surface area contributed by atoms with E-state index in [2.05, 4.69) is 10.0 Å². The predicted octanol–water partition coefficient (Wildman–Crippen LogP) is 3.95. The summed E-state index contributed by atoms with van der Waals surface area (Å²) in [6.07, 6.45) is -0.0668. The van der Waals surface area contributed by atoms with E-state index < -0.39 is 15.9 Å². The quantitative estimate of drug-likeness (QED) is 0.712.